The van der Waals surface area contributed by atoms with Crippen LogP contribution in [0, 0.1) is 0 Å². The second-order valence-corrected chi connectivity index (χ2v) is 2.72. The predicted octanol–water partition coefficient (Wildman–Crippen LogP) is 1.88. The molecule has 0 aromatic heterocycles. The van der Waals surface area contributed by atoms with Crippen molar-refractivity contribution in [3.8, 4) is 5.75 Å². The molecular weight excluding hydrogens is 168 g/mol. The van der Waals surface area contributed by atoms with E-state index in [1.165, 1.54) is 19.1 Å². The second kappa shape index (κ2) is 3.76. The molecule has 2 N–H and O–H groups in total. The first-order valence-electron chi connectivity index (χ1n) is 3.80. The van der Waals surface area contributed by atoms with Crippen molar-refractivity contribution in [2.75, 3.05) is 0 Å². The van der Waals surface area contributed by atoms with Crippen LogP contribution in [0.2, 0.25) is 0 Å². The molecule has 0 unspecified atom stereocenters. The Morgan fingerprint density at radius 1 is 1.31 bits per heavy atom. The Kier molecular flexibility index (Phi) is 2.69. The van der Waals surface area contributed by atoms with Crippen LogP contribution in [0.5, 0.6) is 5.75 Å². The number of rotatable bonds is 2. The molecule has 0 aliphatic rings. The van der Waals surface area contributed by atoms with E-state index in [1.54, 1.807) is 18.2 Å². The van der Waals surface area contributed by atoms with Crippen LogP contribution in [-0.2, 0) is 4.79 Å². The quantitative estimate of drug-likeness (QED) is 0.680. The van der Waals surface area contributed by atoms with E-state index in [0.717, 1.165) is 5.56 Å². The van der Waals surface area contributed by atoms with Gasteiger partial charge in [-0.2, -0.15) is 0 Å². The third kappa shape index (κ3) is 2.63. The van der Waals surface area contributed by atoms with Gasteiger partial charge < -0.3 is 10.2 Å². The minimum absolute atomic E-state index is 0.171. The molecule has 0 aliphatic heterocycles. The second-order valence-electron chi connectivity index (χ2n) is 2.72. The van der Waals surface area contributed by atoms with Crippen LogP contribution in [0.3, 0.4) is 0 Å². The topological polar surface area (TPSA) is 57.5 Å². The van der Waals surface area contributed by atoms with Gasteiger partial charge >= 0.3 is 5.97 Å². The minimum atomic E-state index is -0.937. The minimum Gasteiger partial charge on any atom is -0.508 e. The highest BCUT2D eigenvalue weighted by atomic mass is 16.4. The Morgan fingerprint density at radius 3 is 2.31 bits per heavy atom. The summed E-state index contributed by atoms with van der Waals surface area (Å²) in [5.41, 5.74) is 1.03. The highest BCUT2D eigenvalue weighted by Crippen LogP contribution is 2.12. The van der Waals surface area contributed by atoms with Crippen LogP contribution in [0.25, 0.3) is 6.08 Å². The van der Waals surface area contributed by atoms with Gasteiger partial charge in [-0.1, -0.05) is 12.1 Å². The number of phenols is 1. The van der Waals surface area contributed by atoms with Crippen LogP contribution in [0.1, 0.15) is 12.5 Å². The van der Waals surface area contributed by atoms with E-state index in [4.69, 9.17) is 10.2 Å². The molecule has 0 heterocycles. The summed E-state index contributed by atoms with van der Waals surface area (Å²) in [6, 6.07) is 6.34. The molecule has 0 saturated carbocycles. The van der Waals surface area contributed by atoms with E-state index in [1.807, 2.05) is 0 Å². The maximum atomic E-state index is 10.5. The van der Waals surface area contributed by atoms with Gasteiger partial charge in [0.05, 0.1) is 0 Å². The monoisotopic (exact) mass is 178 g/mol. The molecule has 0 bridgehead atoms. The summed E-state index contributed by atoms with van der Waals surface area (Å²) in [7, 11) is 0. The Hall–Kier alpha value is -1.77. The fourth-order valence-electron chi connectivity index (χ4n) is 0.882. The molecule has 0 amide bonds. The van der Waals surface area contributed by atoms with Crippen molar-refractivity contribution < 1.29 is 15.0 Å². The summed E-state index contributed by atoms with van der Waals surface area (Å²) in [5, 5.41) is 17.5. The van der Waals surface area contributed by atoms with Crippen molar-refractivity contribution in [2.24, 2.45) is 0 Å². The zero-order valence-corrected chi connectivity index (χ0v) is 7.19. The summed E-state index contributed by atoms with van der Waals surface area (Å²) in [6.07, 6.45) is 1.54. The maximum Gasteiger partial charge on any atom is 0.331 e. The summed E-state index contributed by atoms with van der Waals surface area (Å²) >= 11 is 0. The van der Waals surface area contributed by atoms with Gasteiger partial charge in [-0.25, -0.2) is 4.79 Å². The van der Waals surface area contributed by atoms with Crippen molar-refractivity contribution in [3.05, 3.63) is 35.4 Å². The molecule has 0 spiro atoms. The number of phenolic OH excluding ortho intramolecular Hbond substituents is 1. The Bertz CT molecular complexity index is 336. The van der Waals surface area contributed by atoms with Crippen LogP contribution < -0.4 is 0 Å². The lowest BCUT2D eigenvalue weighted by Crippen LogP contribution is -1.95. The number of carbonyl (C=O) groups is 1. The van der Waals surface area contributed by atoms with Gasteiger partial charge in [0.2, 0.25) is 0 Å². The standard InChI is InChI=1S/C10H10O3/c1-7(10(12)13)6-8-2-4-9(11)5-3-8/h2-6,11H,1H3,(H,12,13). The molecule has 0 atom stereocenters. The molecule has 0 aliphatic carbocycles. The van der Waals surface area contributed by atoms with Crippen LogP contribution in [-0.4, -0.2) is 16.2 Å². The van der Waals surface area contributed by atoms with Crippen LogP contribution in [0.15, 0.2) is 29.8 Å². The molecule has 3 nitrogen and oxygen atoms in total. The average molecular weight is 178 g/mol. The number of hydrogen-bond acceptors (Lipinski definition) is 2. The highest BCUT2D eigenvalue weighted by Gasteiger charge is 1.99. The number of aromatic hydroxyl groups is 1. The van der Waals surface area contributed by atoms with E-state index in [2.05, 4.69) is 0 Å². The Morgan fingerprint density at radius 2 is 1.85 bits per heavy atom. The van der Waals surface area contributed by atoms with E-state index in [-0.39, 0.29) is 11.3 Å². The average Bonchev–Trinajstić information content (AvgIpc) is 2.08. The van der Waals surface area contributed by atoms with Crippen molar-refractivity contribution in [3.63, 3.8) is 0 Å². The van der Waals surface area contributed by atoms with Crippen molar-refractivity contribution in [1.82, 2.24) is 0 Å². The largest absolute Gasteiger partial charge is 0.508 e. The van der Waals surface area contributed by atoms with Crippen LogP contribution >= 0.6 is 0 Å². The molecule has 13 heavy (non-hydrogen) atoms. The molecule has 1 aromatic rings. The van der Waals surface area contributed by atoms with E-state index < -0.39 is 5.97 Å². The smallest absolute Gasteiger partial charge is 0.331 e. The van der Waals surface area contributed by atoms with E-state index in [9.17, 15) is 4.79 Å². The molecule has 0 radical (unpaired) electrons. The van der Waals surface area contributed by atoms with E-state index in [0.29, 0.717) is 0 Å². The van der Waals surface area contributed by atoms with Gasteiger partial charge in [-0.15, -0.1) is 0 Å². The first kappa shape index (κ1) is 9.32. The normalized spacial score (nSPS) is 11.3. The lowest BCUT2D eigenvalue weighted by Gasteiger charge is -1.95. The van der Waals surface area contributed by atoms with E-state index >= 15 is 0 Å². The first-order valence-corrected chi connectivity index (χ1v) is 3.80. The first-order chi connectivity index (χ1) is 6.09. The number of aliphatic carboxylic acids is 1. The highest BCUT2D eigenvalue weighted by molar-refractivity contribution is 5.91. The molecular formula is C10H10O3. The number of carboxylic acids is 1. The van der Waals surface area contributed by atoms with Gasteiger partial charge in [-0.05, 0) is 30.7 Å². The molecule has 1 rings (SSSR count). The third-order valence-electron chi connectivity index (χ3n) is 1.61. The molecule has 0 fully saturated rings. The van der Waals surface area contributed by atoms with Crippen molar-refractivity contribution in [2.45, 2.75) is 6.92 Å². The van der Waals surface area contributed by atoms with Crippen molar-refractivity contribution >= 4 is 12.0 Å². The van der Waals surface area contributed by atoms with Gasteiger partial charge in [0.1, 0.15) is 5.75 Å². The number of carboxylic acid groups (broad SMARTS) is 1. The van der Waals surface area contributed by atoms with Gasteiger partial charge in [0.15, 0.2) is 0 Å². The summed E-state index contributed by atoms with van der Waals surface area (Å²) in [6.45, 7) is 1.52. The van der Waals surface area contributed by atoms with Crippen LogP contribution in [0.4, 0.5) is 0 Å². The SMILES string of the molecule is CC(=Cc1ccc(O)cc1)C(=O)O. The zero-order valence-electron chi connectivity index (χ0n) is 7.19. The summed E-state index contributed by atoms with van der Waals surface area (Å²) < 4.78 is 0. The maximum absolute atomic E-state index is 10.5. The molecule has 0 saturated heterocycles. The Balaban J connectivity index is 2.92. The Labute approximate surface area is 76.0 Å². The third-order valence-corrected chi connectivity index (χ3v) is 1.61. The number of benzene rings is 1. The molecule has 1 aromatic carbocycles. The van der Waals surface area contributed by atoms with Gasteiger partial charge in [-0.3, -0.25) is 0 Å². The summed E-state index contributed by atoms with van der Waals surface area (Å²) in [5.74, 6) is -0.766. The van der Waals surface area contributed by atoms with Crippen molar-refractivity contribution in [1.29, 1.82) is 0 Å². The molecule has 3 heteroatoms. The predicted molar refractivity (Wildman–Crippen MR) is 49.4 cm³/mol. The fraction of sp³-hybridized carbons (Fsp3) is 0.100. The zero-order chi connectivity index (χ0) is 9.84. The summed E-state index contributed by atoms with van der Waals surface area (Å²) in [4.78, 5) is 10.5. The molecule has 68 valence electrons. The number of hydrogen-bond donors (Lipinski definition) is 2. The lowest BCUT2D eigenvalue weighted by molar-refractivity contribution is -0.132. The van der Waals surface area contributed by atoms with Gasteiger partial charge in [0.25, 0.3) is 0 Å². The van der Waals surface area contributed by atoms with Gasteiger partial charge in [0, 0.05) is 5.57 Å². The lowest BCUT2D eigenvalue weighted by atomic mass is 10.1. The fourth-order valence-corrected chi connectivity index (χ4v) is 0.882.